The van der Waals surface area contributed by atoms with Crippen LogP contribution in [0, 0.1) is 0 Å². The molecule has 2 nitrogen and oxygen atoms in total. The predicted molar refractivity (Wildman–Crippen MR) is 75.1 cm³/mol. The Morgan fingerprint density at radius 2 is 1.88 bits per heavy atom. The minimum Gasteiger partial charge on any atom is -0.330 e. The van der Waals surface area contributed by atoms with E-state index >= 15 is 0 Å². The van der Waals surface area contributed by atoms with Crippen LogP contribution in [0.25, 0.3) is 0 Å². The Kier molecular flexibility index (Phi) is 4.52. The first-order valence-corrected chi connectivity index (χ1v) is 6.34. The molecule has 0 atom stereocenters. The van der Waals surface area contributed by atoms with E-state index in [0.29, 0.717) is 12.1 Å². The molecule has 0 unspecified atom stereocenters. The lowest BCUT2D eigenvalue weighted by Gasteiger charge is -2.35. The molecule has 0 fully saturated rings. The number of rotatable bonds is 3. The molecule has 1 aromatic rings. The SMILES string of the molecule is C=CCN(C(=O)c1ccc(Br)cc1)C(C)(C)C. The fraction of sp³-hybridized carbons (Fsp3) is 0.357. The molecule has 1 rings (SSSR count). The number of hydrogen-bond donors (Lipinski definition) is 0. The lowest BCUT2D eigenvalue weighted by molar-refractivity contribution is 0.0616. The van der Waals surface area contributed by atoms with Crippen LogP contribution in [0.4, 0.5) is 0 Å². The largest absolute Gasteiger partial charge is 0.330 e. The van der Waals surface area contributed by atoms with Gasteiger partial charge in [-0.25, -0.2) is 0 Å². The number of amides is 1. The number of nitrogens with zero attached hydrogens (tertiary/aromatic N) is 1. The van der Waals surface area contributed by atoms with Gasteiger partial charge in [-0.05, 0) is 45.0 Å². The maximum Gasteiger partial charge on any atom is 0.254 e. The standard InChI is InChI=1S/C14H18BrNO/c1-5-10-16(14(2,3)4)13(17)11-6-8-12(15)9-7-11/h5-9H,1,10H2,2-4H3. The molecule has 1 amide bonds. The van der Waals surface area contributed by atoms with Crippen LogP contribution in [0.15, 0.2) is 41.4 Å². The smallest absolute Gasteiger partial charge is 0.254 e. The van der Waals surface area contributed by atoms with Crippen LogP contribution in [-0.4, -0.2) is 22.9 Å². The first-order valence-electron chi connectivity index (χ1n) is 5.54. The molecular formula is C14H18BrNO. The Labute approximate surface area is 111 Å². The number of benzene rings is 1. The third kappa shape index (κ3) is 3.70. The highest BCUT2D eigenvalue weighted by Gasteiger charge is 2.25. The Morgan fingerprint density at radius 3 is 2.29 bits per heavy atom. The van der Waals surface area contributed by atoms with Gasteiger partial charge in [0.2, 0.25) is 0 Å². The van der Waals surface area contributed by atoms with E-state index in [1.54, 1.807) is 6.08 Å². The summed E-state index contributed by atoms with van der Waals surface area (Å²) in [7, 11) is 0. The predicted octanol–water partition coefficient (Wildman–Crippen LogP) is 3.88. The minimum absolute atomic E-state index is 0.0323. The number of carbonyl (C=O) groups is 1. The zero-order chi connectivity index (χ0) is 13.1. The van der Waals surface area contributed by atoms with Crippen molar-refractivity contribution in [3.63, 3.8) is 0 Å². The number of hydrogen-bond acceptors (Lipinski definition) is 1. The quantitative estimate of drug-likeness (QED) is 0.775. The van der Waals surface area contributed by atoms with Gasteiger partial charge in [0.05, 0.1) is 0 Å². The zero-order valence-corrected chi connectivity index (χ0v) is 12.1. The van der Waals surface area contributed by atoms with Crippen molar-refractivity contribution >= 4 is 21.8 Å². The summed E-state index contributed by atoms with van der Waals surface area (Å²) in [6.45, 7) is 10.3. The van der Waals surface area contributed by atoms with E-state index in [0.717, 1.165) is 4.47 Å². The van der Waals surface area contributed by atoms with Crippen LogP contribution in [0.2, 0.25) is 0 Å². The average Bonchev–Trinajstić information content (AvgIpc) is 2.24. The second-order valence-electron chi connectivity index (χ2n) is 4.88. The van der Waals surface area contributed by atoms with E-state index in [-0.39, 0.29) is 11.4 Å². The summed E-state index contributed by atoms with van der Waals surface area (Å²) in [5.74, 6) is 0.0323. The summed E-state index contributed by atoms with van der Waals surface area (Å²) in [5, 5.41) is 0. The second-order valence-corrected chi connectivity index (χ2v) is 5.80. The van der Waals surface area contributed by atoms with Crippen molar-refractivity contribution in [3.8, 4) is 0 Å². The van der Waals surface area contributed by atoms with Crippen molar-refractivity contribution in [2.24, 2.45) is 0 Å². The van der Waals surface area contributed by atoms with Crippen molar-refractivity contribution in [2.75, 3.05) is 6.54 Å². The van der Waals surface area contributed by atoms with Crippen LogP contribution in [-0.2, 0) is 0 Å². The molecule has 17 heavy (non-hydrogen) atoms. The Balaban J connectivity index is 3.00. The molecule has 0 spiro atoms. The van der Waals surface area contributed by atoms with Crippen LogP contribution < -0.4 is 0 Å². The van der Waals surface area contributed by atoms with Crippen LogP contribution in [0.5, 0.6) is 0 Å². The molecule has 0 aromatic heterocycles. The van der Waals surface area contributed by atoms with Crippen molar-refractivity contribution in [1.29, 1.82) is 0 Å². The number of halogens is 1. The normalized spacial score (nSPS) is 11.1. The van der Waals surface area contributed by atoms with E-state index in [1.165, 1.54) is 0 Å². The summed E-state index contributed by atoms with van der Waals surface area (Å²) in [6.07, 6.45) is 1.75. The summed E-state index contributed by atoms with van der Waals surface area (Å²) >= 11 is 3.36. The molecule has 0 radical (unpaired) electrons. The lowest BCUT2D eigenvalue weighted by atomic mass is 10.0. The van der Waals surface area contributed by atoms with Gasteiger partial charge < -0.3 is 4.90 Å². The average molecular weight is 296 g/mol. The molecule has 0 saturated carbocycles. The van der Waals surface area contributed by atoms with Crippen molar-refractivity contribution in [3.05, 3.63) is 47.0 Å². The molecule has 0 bridgehead atoms. The summed E-state index contributed by atoms with van der Waals surface area (Å²) in [4.78, 5) is 14.2. The van der Waals surface area contributed by atoms with Gasteiger partial charge in [-0.15, -0.1) is 6.58 Å². The third-order valence-corrected chi connectivity index (χ3v) is 2.99. The maximum atomic E-state index is 12.4. The van der Waals surface area contributed by atoms with E-state index in [1.807, 2.05) is 49.9 Å². The zero-order valence-electron chi connectivity index (χ0n) is 10.5. The number of carbonyl (C=O) groups excluding carboxylic acids is 1. The van der Waals surface area contributed by atoms with E-state index in [2.05, 4.69) is 22.5 Å². The Morgan fingerprint density at radius 1 is 1.35 bits per heavy atom. The van der Waals surface area contributed by atoms with Gasteiger partial charge in [0.25, 0.3) is 5.91 Å². The molecule has 3 heteroatoms. The minimum atomic E-state index is -0.210. The second kappa shape index (κ2) is 5.50. The molecular weight excluding hydrogens is 278 g/mol. The van der Waals surface area contributed by atoms with Crippen molar-refractivity contribution in [2.45, 2.75) is 26.3 Å². The first-order chi connectivity index (χ1) is 7.86. The molecule has 0 saturated heterocycles. The van der Waals surface area contributed by atoms with Crippen molar-refractivity contribution in [1.82, 2.24) is 4.90 Å². The maximum absolute atomic E-state index is 12.4. The highest BCUT2D eigenvalue weighted by molar-refractivity contribution is 9.10. The first kappa shape index (κ1) is 14.0. The van der Waals surface area contributed by atoms with Crippen LogP contribution in [0.3, 0.4) is 0 Å². The van der Waals surface area contributed by atoms with Crippen LogP contribution in [0.1, 0.15) is 31.1 Å². The highest BCUT2D eigenvalue weighted by atomic mass is 79.9. The van der Waals surface area contributed by atoms with Gasteiger partial charge in [0, 0.05) is 22.1 Å². The summed E-state index contributed by atoms with van der Waals surface area (Å²) < 4.78 is 0.972. The van der Waals surface area contributed by atoms with Crippen LogP contribution >= 0.6 is 15.9 Å². The molecule has 0 aliphatic heterocycles. The van der Waals surface area contributed by atoms with Gasteiger partial charge >= 0.3 is 0 Å². The fourth-order valence-corrected chi connectivity index (χ4v) is 1.80. The van der Waals surface area contributed by atoms with Gasteiger partial charge in [-0.3, -0.25) is 4.79 Å². The monoisotopic (exact) mass is 295 g/mol. The lowest BCUT2D eigenvalue weighted by Crippen LogP contribution is -2.45. The van der Waals surface area contributed by atoms with Gasteiger partial charge in [0.15, 0.2) is 0 Å². The van der Waals surface area contributed by atoms with E-state index < -0.39 is 0 Å². The van der Waals surface area contributed by atoms with Gasteiger partial charge in [0.1, 0.15) is 0 Å². The molecule has 0 N–H and O–H groups in total. The van der Waals surface area contributed by atoms with E-state index in [4.69, 9.17) is 0 Å². The highest BCUT2D eigenvalue weighted by Crippen LogP contribution is 2.18. The third-order valence-electron chi connectivity index (χ3n) is 2.46. The molecule has 0 aliphatic rings. The molecule has 0 aliphatic carbocycles. The molecule has 0 heterocycles. The Bertz CT molecular complexity index is 403. The summed E-state index contributed by atoms with van der Waals surface area (Å²) in [5.41, 5.74) is 0.489. The molecule has 1 aromatic carbocycles. The topological polar surface area (TPSA) is 20.3 Å². The fourth-order valence-electron chi connectivity index (χ4n) is 1.54. The van der Waals surface area contributed by atoms with E-state index in [9.17, 15) is 4.79 Å². The van der Waals surface area contributed by atoms with Crippen molar-refractivity contribution < 1.29 is 4.79 Å². The molecule has 92 valence electrons. The van der Waals surface area contributed by atoms with Gasteiger partial charge in [-0.1, -0.05) is 22.0 Å². The van der Waals surface area contributed by atoms with Gasteiger partial charge in [-0.2, -0.15) is 0 Å². The Hall–Kier alpha value is -1.09. The summed E-state index contributed by atoms with van der Waals surface area (Å²) in [6, 6.07) is 7.41.